The lowest BCUT2D eigenvalue weighted by atomic mass is 10.1. The van der Waals surface area contributed by atoms with Crippen LogP contribution in [0.2, 0.25) is 0 Å². The number of hydrogen-bond acceptors (Lipinski definition) is 3. The maximum absolute atomic E-state index is 13.0. The third-order valence-corrected chi connectivity index (χ3v) is 5.63. The first kappa shape index (κ1) is 22.7. The number of hydrogen-bond donors (Lipinski definition) is 2. The molecule has 6 nitrogen and oxygen atoms in total. The van der Waals surface area contributed by atoms with Gasteiger partial charge >= 0.3 is 0 Å². The Balaban J connectivity index is 1.51. The molecule has 170 valence electrons. The summed E-state index contributed by atoms with van der Waals surface area (Å²) in [6, 6.07) is 26.8. The van der Waals surface area contributed by atoms with E-state index in [1.165, 1.54) is 10.6 Å². The van der Waals surface area contributed by atoms with Crippen LogP contribution in [0.25, 0.3) is 5.69 Å². The average Bonchev–Trinajstić information content (AvgIpc) is 2.85. The minimum atomic E-state index is -0.433. The molecule has 0 fully saturated rings. The zero-order valence-electron chi connectivity index (χ0n) is 19.0. The third-order valence-electron chi connectivity index (χ3n) is 5.63. The van der Waals surface area contributed by atoms with Crippen LogP contribution in [0.3, 0.4) is 0 Å². The lowest BCUT2D eigenvalue weighted by molar-refractivity contribution is 0.0937. The van der Waals surface area contributed by atoms with Crippen LogP contribution in [0.15, 0.2) is 102 Å². The fraction of sp³-hybridized carbons (Fsp3) is 0.107. The standard InChI is InChI=1S/C28H25N3O3/c1-19-9-6-7-12-24(19)26(32)30-22-14-16-23(17-15-22)31-18-8-13-25(28(31)34)27(33)29-20(2)21-10-4-3-5-11-21/h3-18,20H,1-2H3,(H,29,33)(H,30,32)/t20-/m0/s1. The van der Waals surface area contributed by atoms with Gasteiger partial charge in [0.2, 0.25) is 0 Å². The Morgan fingerprint density at radius 1 is 0.765 bits per heavy atom. The Bertz CT molecular complexity index is 1380. The van der Waals surface area contributed by atoms with E-state index in [9.17, 15) is 14.4 Å². The first-order valence-corrected chi connectivity index (χ1v) is 11.0. The van der Waals surface area contributed by atoms with Crippen molar-refractivity contribution < 1.29 is 9.59 Å². The predicted molar refractivity (Wildman–Crippen MR) is 133 cm³/mol. The summed E-state index contributed by atoms with van der Waals surface area (Å²) in [4.78, 5) is 38.4. The van der Waals surface area contributed by atoms with Crippen molar-refractivity contribution in [3.63, 3.8) is 0 Å². The first-order chi connectivity index (χ1) is 16.4. The fourth-order valence-corrected chi connectivity index (χ4v) is 3.70. The van der Waals surface area contributed by atoms with E-state index in [1.807, 2.05) is 62.4 Å². The number of aromatic nitrogens is 1. The maximum Gasteiger partial charge on any atom is 0.267 e. The molecule has 0 saturated carbocycles. The molecule has 3 aromatic carbocycles. The lowest BCUT2D eigenvalue weighted by Crippen LogP contribution is -2.33. The fourth-order valence-electron chi connectivity index (χ4n) is 3.70. The van der Waals surface area contributed by atoms with Gasteiger partial charge in [0.1, 0.15) is 5.56 Å². The molecule has 0 radical (unpaired) electrons. The highest BCUT2D eigenvalue weighted by Crippen LogP contribution is 2.16. The summed E-state index contributed by atoms with van der Waals surface area (Å²) >= 11 is 0. The molecule has 0 aliphatic rings. The number of carbonyl (C=O) groups excluding carboxylic acids is 2. The molecule has 6 heteroatoms. The van der Waals surface area contributed by atoms with Crippen LogP contribution in [0.1, 0.15) is 44.8 Å². The van der Waals surface area contributed by atoms with E-state index < -0.39 is 11.5 Å². The minimum absolute atomic E-state index is 0.0576. The quantitative estimate of drug-likeness (QED) is 0.438. The van der Waals surface area contributed by atoms with Gasteiger partial charge in [-0.15, -0.1) is 0 Å². The highest BCUT2D eigenvalue weighted by atomic mass is 16.2. The Kier molecular flexibility index (Phi) is 6.69. The Labute approximate surface area is 197 Å². The van der Waals surface area contributed by atoms with Gasteiger partial charge in [-0.3, -0.25) is 19.0 Å². The Morgan fingerprint density at radius 2 is 1.41 bits per heavy atom. The van der Waals surface area contributed by atoms with Crippen molar-refractivity contribution in [2.24, 2.45) is 0 Å². The molecule has 0 saturated heterocycles. The van der Waals surface area contributed by atoms with Gasteiger partial charge in [0.05, 0.1) is 6.04 Å². The van der Waals surface area contributed by atoms with Crippen LogP contribution in [0, 0.1) is 6.92 Å². The lowest BCUT2D eigenvalue weighted by Gasteiger charge is -2.15. The molecule has 4 aromatic rings. The van der Waals surface area contributed by atoms with Crippen molar-refractivity contribution in [2.45, 2.75) is 19.9 Å². The zero-order valence-corrected chi connectivity index (χ0v) is 19.0. The van der Waals surface area contributed by atoms with E-state index in [4.69, 9.17) is 0 Å². The minimum Gasteiger partial charge on any atom is -0.345 e. The average molecular weight is 452 g/mol. The number of benzene rings is 3. The smallest absolute Gasteiger partial charge is 0.267 e. The molecule has 0 unspecified atom stereocenters. The van der Waals surface area contributed by atoms with Crippen molar-refractivity contribution in [1.82, 2.24) is 9.88 Å². The van der Waals surface area contributed by atoms with E-state index in [-0.39, 0.29) is 17.5 Å². The van der Waals surface area contributed by atoms with E-state index in [1.54, 1.807) is 42.6 Å². The number of carbonyl (C=O) groups is 2. The van der Waals surface area contributed by atoms with Gasteiger partial charge in [-0.1, -0.05) is 48.5 Å². The molecular weight excluding hydrogens is 426 g/mol. The van der Waals surface area contributed by atoms with Crippen LogP contribution in [-0.4, -0.2) is 16.4 Å². The molecule has 1 aromatic heterocycles. The zero-order chi connectivity index (χ0) is 24.1. The molecule has 0 bridgehead atoms. The highest BCUT2D eigenvalue weighted by Gasteiger charge is 2.16. The summed E-state index contributed by atoms with van der Waals surface area (Å²) in [6.45, 7) is 3.76. The Morgan fingerprint density at radius 3 is 2.12 bits per heavy atom. The van der Waals surface area contributed by atoms with Crippen molar-refractivity contribution in [1.29, 1.82) is 0 Å². The molecule has 4 rings (SSSR count). The van der Waals surface area contributed by atoms with Crippen molar-refractivity contribution in [3.05, 3.63) is 130 Å². The van der Waals surface area contributed by atoms with E-state index >= 15 is 0 Å². The second-order valence-electron chi connectivity index (χ2n) is 8.02. The summed E-state index contributed by atoms with van der Waals surface area (Å²) in [6.07, 6.45) is 1.61. The third kappa shape index (κ3) is 4.96. The number of amides is 2. The van der Waals surface area contributed by atoms with Gasteiger partial charge < -0.3 is 10.6 Å². The molecule has 2 N–H and O–H groups in total. The van der Waals surface area contributed by atoms with Gasteiger partial charge in [-0.05, 0) is 67.4 Å². The second-order valence-corrected chi connectivity index (χ2v) is 8.02. The van der Waals surface area contributed by atoms with Crippen LogP contribution in [0.4, 0.5) is 5.69 Å². The van der Waals surface area contributed by atoms with Gasteiger partial charge in [-0.25, -0.2) is 0 Å². The van der Waals surface area contributed by atoms with Crippen molar-refractivity contribution in [3.8, 4) is 5.69 Å². The monoisotopic (exact) mass is 451 g/mol. The molecule has 34 heavy (non-hydrogen) atoms. The highest BCUT2D eigenvalue weighted by molar-refractivity contribution is 6.05. The Hall–Kier alpha value is -4.45. The van der Waals surface area contributed by atoms with E-state index in [0.717, 1.165) is 11.1 Å². The number of aryl methyl sites for hydroxylation is 1. The normalized spacial score (nSPS) is 11.5. The summed E-state index contributed by atoms with van der Waals surface area (Å²) in [5.41, 5.74) is 3.28. The van der Waals surface area contributed by atoms with Crippen LogP contribution < -0.4 is 16.2 Å². The van der Waals surface area contributed by atoms with Crippen molar-refractivity contribution in [2.75, 3.05) is 5.32 Å². The van der Waals surface area contributed by atoms with Crippen LogP contribution >= 0.6 is 0 Å². The van der Waals surface area contributed by atoms with Crippen LogP contribution in [-0.2, 0) is 0 Å². The molecule has 0 aliphatic carbocycles. The SMILES string of the molecule is Cc1ccccc1C(=O)Nc1ccc(-n2cccc(C(=O)N[C@@H](C)c3ccccc3)c2=O)cc1. The number of nitrogens with one attached hydrogen (secondary N) is 2. The number of rotatable bonds is 6. The molecule has 1 atom stereocenters. The number of nitrogens with zero attached hydrogens (tertiary/aromatic N) is 1. The van der Waals surface area contributed by atoms with E-state index in [0.29, 0.717) is 16.9 Å². The topological polar surface area (TPSA) is 80.2 Å². The summed E-state index contributed by atoms with van der Waals surface area (Å²) in [7, 11) is 0. The largest absolute Gasteiger partial charge is 0.345 e. The predicted octanol–water partition coefficient (Wildman–Crippen LogP) is 4.89. The van der Waals surface area contributed by atoms with Gasteiger partial charge in [-0.2, -0.15) is 0 Å². The van der Waals surface area contributed by atoms with Crippen molar-refractivity contribution >= 4 is 17.5 Å². The van der Waals surface area contributed by atoms with Gasteiger partial charge in [0.15, 0.2) is 0 Å². The first-order valence-electron chi connectivity index (χ1n) is 11.0. The molecular formula is C28H25N3O3. The van der Waals surface area contributed by atoms with Crippen LogP contribution in [0.5, 0.6) is 0 Å². The van der Waals surface area contributed by atoms with Gasteiger partial charge in [0, 0.05) is 23.1 Å². The second kappa shape index (κ2) is 10.0. The summed E-state index contributed by atoms with van der Waals surface area (Å²) in [5.74, 6) is -0.632. The summed E-state index contributed by atoms with van der Waals surface area (Å²) in [5, 5.41) is 5.75. The molecule has 0 spiro atoms. The molecule has 1 heterocycles. The maximum atomic E-state index is 13.0. The molecule has 2 amide bonds. The van der Waals surface area contributed by atoms with E-state index in [2.05, 4.69) is 10.6 Å². The molecule has 0 aliphatic heterocycles. The number of anilines is 1. The van der Waals surface area contributed by atoms with Gasteiger partial charge in [0.25, 0.3) is 17.4 Å². The number of pyridine rings is 1. The summed E-state index contributed by atoms with van der Waals surface area (Å²) < 4.78 is 1.41.